The number of hydrogen-bond donors (Lipinski definition) is 0. The Kier molecular flexibility index (Phi) is 5.09. The first-order valence-electron chi connectivity index (χ1n) is 8.24. The molecule has 9 heteroatoms. The third-order valence-electron chi connectivity index (χ3n) is 4.69. The lowest BCUT2D eigenvalue weighted by Gasteiger charge is -2.43. The molecule has 26 heavy (non-hydrogen) atoms. The Balaban J connectivity index is 2.04. The van der Waals surface area contributed by atoms with E-state index in [2.05, 4.69) is 4.98 Å². The minimum Gasteiger partial charge on any atom is -0.347 e. The predicted molar refractivity (Wildman–Crippen MR) is 98.3 cm³/mol. The Morgan fingerprint density at radius 2 is 2.04 bits per heavy atom. The summed E-state index contributed by atoms with van der Waals surface area (Å²) in [5.41, 5.74) is -1.02. The number of aromatic nitrogens is 2. The van der Waals surface area contributed by atoms with E-state index in [1.807, 2.05) is 0 Å². The fraction of sp³-hybridized carbons (Fsp3) is 0.412. The van der Waals surface area contributed by atoms with Gasteiger partial charge in [0, 0.05) is 39.6 Å². The van der Waals surface area contributed by atoms with Crippen LogP contribution in [-0.4, -0.2) is 60.3 Å². The molecule has 1 atom stereocenters. The minimum atomic E-state index is -3.82. The van der Waals surface area contributed by atoms with Crippen LogP contribution in [0.5, 0.6) is 0 Å². The fourth-order valence-electron chi connectivity index (χ4n) is 3.42. The van der Waals surface area contributed by atoms with Gasteiger partial charge < -0.3 is 9.47 Å². The molecule has 0 aliphatic carbocycles. The van der Waals surface area contributed by atoms with Crippen molar-refractivity contribution in [1.29, 1.82) is 0 Å². The largest absolute Gasteiger partial charge is 0.347 e. The zero-order valence-electron chi connectivity index (χ0n) is 14.7. The first-order chi connectivity index (χ1) is 12.3. The summed E-state index contributed by atoms with van der Waals surface area (Å²) in [6.45, 7) is 0.374. The second-order valence-electron chi connectivity index (χ2n) is 6.57. The molecular weight excluding hydrogens is 376 g/mol. The van der Waals surface area contributed by atoms with E-state index in [9.17, 15) is 13.2 Å². The maximum absolute atomic E-state index is 13.1. The van der Waals surface area contributed by atoms with Crippen molar-refractivity contribution in [2.75, 3.05) is 27.2 Å². The highest BCUT2D eigenvalue weighted by molar-refractivity contribution is 7.89. The number of imidazole rings is 1. The molecule has 0 N–H and O–H groups in total. The number of rotatable bonds is 4. The normalized spacial score (nSPS) is 21.5. The Morgan fingerprint density at radius 1 is 1.31 bits per heavy atom. The molecule has 1 aromatic heterocycles. The van der Waals surface area contributed by atoms with Gasteiger partial charge >= 0.3 is 0 Å². The molecule has 1 aromatic carbocycles. The Bertz CT molecular complexity index is 898. The molecule has 1 fully saturated rings. The maximum atomic E-state index is 13.1. The van der Waals surface area contributed by atoms with E-state index in [1.54, 1.807) is 55.6 Å². The molecule has 0 saturated carbocycles. The number of piperidine rings is 1. The van der Waals surface area contributed by atoms with Crippen molar-refractivity contribution in [3.8, 4) is 0 Å². The number of nitrogens with zero attached hydrogens (tertiary/aromatic N) is 4. The van der Waals surface area contributed by atoms with Crippen molar-refractivity contribution < 1.29 is 13.2 Å². The molecular formula is C17H21ClN4O3S. The van der Waals surface area contributed by atoms with Gasteiger partial charge in [-0.3, -0.25) is 4.79 Å². The number of likely N-dealkylation sites (N-methyl/N-ethyl adjacent to an activating group) is 1. The summed E-state index contributed by atoms with van der Waals surface area (Å²) >= 11 is 6.12. The van der Waals surface area contributed by atoms with Crippen LogP contribution in [0, 0.1) is 0 Å². The van der Waals surface area contributed by atoms with Crippen molar-refractivity contribution >= 4 is 27.5 Å². The predicted octanol–water partition coefficient (Wildman–Crippen LogP) is 1.80. The summed E-state index contributed by atoms with van der Waals surface area (Å²) < 4.78 is 29.4. The maximum Gasteiger partial charge on any atom is 0.249 e. The third-order valence-corrected chi connectivity index (χ3v) is 7.04. The standard InChI is InChI=1S/C17H21ClN4O3S/c1-20(2)16(23)17(21-11-9-19-13-21)8-5-10-22(12-17)26(24,25)15-7-4-3-6-14(15)18/h3-4,6-7,9,11,13H,5,8,10,12H2,1-2H3. The van der Waals surface area contributed by atoms with Crippen molar-refractivity contribution in [1.82, 2.24) is 18.8 Å². The highest BCUT2D eigenvalue weighted by atomic mass is 35.5. The molecule has 2 aromatic rings. The smallest absolute Gasteiger partial charge is 0.249 e. The van der Waals surface area contributed by atoms with Crippen LogP contribution in [0.25, 0.3) is 0 Å². The minimum absolute atomic E-state index is 0.0356. The van der Waals surface area contributed by atoms with Gasteiger partial charge in [0.15, 0.2) is 0 Å². The number of carbonyl (C=O) groups excluding carboxylic acids is 1. The molecule has 140 valence electrons. The Hall–Kier alpha value is -1.90. The van der Waals surface area contributed by atoms with Crippen molar-refractivity contribution in [2.45, 2.75) is 23.3 Å². The lowest BCUT2D eigenvalue weighted by Crippen LogP contribution is -2.58. The van der Waals surface area contributed by atoms with Gasteiger partial charge in [-0.1, -0.05) is 23.7 Å². The number of hydrogen-bond acceptors (Lipinski definition) is 4. The highest BCUT2D eigenvalue weighted by Crippen LogP contribution is 2.34. The molecule has 1 aliphatic rings. The Labute approximate surface area is 158 Å². The second kappa shape index (κ2) is 7.02. The van der Waals surface area contributed by atoms with Gasteiger partial charge in [0.25, 0.3) is 0 Å². The van der Waals surface area contributed by atoms with Gasteiger partial charge in [0.05, 0.1) is 11.3 Å². The van der Waals surface area contributed by atoms with E-state index in [-0.39, 0.29) is 22.4 Å². The number of halogens is 1. The van der Waals surface area contributed by atoms with E-state index in [4.69, 9.17) is 11.6 Å². The molecule has 1 amide bonds. The third kappa shape index (κ3) is 3.13. The van der Waals surface area contributed by atoms with Crippen LogP contribution in [0.4, 0.5) is 0 Å². The Morgan fingerprint density at radius 3 is 2.65 bits per heavy atom. The van der Waals surface area contributed by atoms with Gasteiger partial charge in [0.2, 0.25) is 15.9 Å². The average Bonchev–Trinajstić information content (AvgIpc) is 3.16. The number of amides is 1. The number of sulfonamides is 1. The van der Waals surface area contributed by atoms with Gasteiger partial charge in [-0.15, -0.1) is 0 Å². The van der Waals surface area contributed by atoms with Crippen LogP contribution >= 0.6 is 11.6 Å². The van der Waals surface area contributed by atoms with Crippen LogP contribution in [0.15, 0.2) is 47.9 Å². The molecule has 0 radical (unpaired) electrons. The van der Waals surface area contributed by atoms with Crippen molar-refractivity contribution in [3.63, 3.8) is 0 Å². The molecule has 7 nitrogen and oxygen atoms in total. The molecule has 1 aliphatic heterocycles. The molecule has 1 unspecified atom stereocenters. The zero-order chi connectivity index (χ0) is 18.9. The highest BCUT2D eigenvalue weighted by Gasteiger charge is 2.47. The fourth-order valence-corrected chi connectivity index (χ4v) is 5.44. The molecule has 3 rings (SSSR count). The first kappa shape index (κ1) is 18.9. The van der Waals surface area contributed by atoms with Crippen molar-refractivity contribution in [2.24, 2.45) is 0 Å². The van der Waals surface area contributed by atoms with E-state index in [0.717, 1.165) is 0 Å². The topological polar surface area (TPSA) is 75.5 Å². The quantitative estimate of drug-likeness (QED) is 0.789. The molecule has 1 saturated heterocycles. The van der Waals surface area contributed by atoms with Crippen LogP contribution < -0.4 is 0 Å². The zero-order valence-corrected chi connectivity index (χ0v) is 16.2. The van der Waals surface area contributed by atoms with Gasteiger partial charge in [0.1, 0.15) is 10.4 Å². The summed E-state index contributed by atoms with van der Waals surface area (Å²) in [5.74, 6) is -0.158. The van der Waals surface area contributed by atoms with E-state index >= 15 is 0 Å². The summed E-state index contributed by atoms with van der Waals surface area (Å²) in [6, 6.07) is 6.35. The van der Waals surface area contributed by atoms with Crippen LogP contribution in [0.3, 0.4) is 0 Å². The van der Waals surface area contributed by atoms with Gasteiger partial charge in [-0.05, 0) is 25.0 Å². The monoisotopic (exact) mass is 396 g/mol. The van der Waals surface area contributed by atoms with Crippen molar-refractivity contribution in [3.05, 3.63) is 48.0 Å². The molecule has 0 spiro atoms. The first-order valence-corrected chi connectivity index (χ1v) is 10.1. The van der Waals surface area contributed by atoms with Crippen LogP contribution in [0.1, 0.15) is 12.8 Å². The molecule has 2 heterocycles. The summed E-state index contributed by atoms with van der Waals surface area (Å²) in [6.07, 6.45) is 5.95. The second-order valence-corrected chi connectivity index (χ2v) is 8.89. The van der Waals surface area contributed by atoms with Crippen LogP contribution in [-0.2, 0) is 20.4 Å². The SMILES string of the molecule is CN(C)C(=O)C1(n2ccnc2)CCCN(S(=O)(=O)c2ccccc2Cl)C1. The molecule has 0 bridgehead atoms. The van der Waals surface area contributed by atoms with E-state index in [0.29, 0.717) is 19.4 Å². The number of benzene rings is 1. The summed E-state index contributed by atoms with van der Waals surface area (Å²) in [7, 11) is -0.479. The van der Waals surface area contributed by atoms with Gasteiger partial charge in [-0.2, -0.15) is 4.31 Å². The van der Waals surface area contributed by atoms with E-state index in [1.165, 1.54) is 15.3 Å². The van der Waals surface area contributed by atoms with Crippen LogP contribution in [0.2, 0.25) is 5.02 Å². The van der Waals surface area contributed by atoms with E-state index < -0.39 is 15.6 Å². The lowest BCUT2D eigenvalue weighted by atomic mass is 9.88. The average molecular weight is 397 g/mol. The van der Waals surface area contributed by atoms with Gasteiger partial charge in [-0.25, -0.2) is 13.4 Å². The summed E-state index contributed by atoms with van der Waals surface area (Å²) in [5, 5.41) is 0.172. The number of carbonyl (C=O) groups is 1. The summed E-state index contributed by atoms with van der Waals surface area (Å²) in [4.78, 5) is 18.6. The lowest BCUT2D eigenvalue weighted by molar-refractivity contribution is -0.140.